The minimum atomic E-state index is 0.621. The Balaban J connectivity index is 2.35. The molecule has 0 aliphatic carbocycles. The summed E-state index contributed by atoms with van der Waals surface area (Å²) in [4.78, 5) is 10.7. The average molecular weight is 289 g/mol. The number of rotatable bonds is 6. The molecule has 2 aromatic heterocycles. The number of hydrogen-bond donors (Lipinski definition) is 1. The van der Waals surface area contributed by atoms with Crippen LogP contribution in [-0.2, 0) is 13.0 Å². The lowest BCUT2D eigenvalue weighted by Crippen LogP contribution is -2.12. The number of thiazole rings is 1. The number of nitrogens with one attached hydrogen (secondary N) is 1. The third-order valence-electron chi connectivity index (χ3n) is 3.13. The van der Waals surface area contributed by atoms with Gasteiger partial charge in [0.15, 0.2) is 0 Å². The van der Waals surface area contributed by atoms with Crippen LogP contribution in [0.15, 0.2) is 18.3 Å². The van der Waals surface area contributed by atoms with E-state index in [0.29, 0.717) is 5.92 Å². The highest BCUT2D eigenvalue weighted by atomic mass is 32.1. The van der Waals surface area contributed by atoms with Crippen LogP contribution in [0.4, 0.5) is 0 Å². The van der Waals surface area contributed by atoms with Gasteiger partial charge in [0.05, 0.1) is 5.69 Å². The van der Waals surface area contributed by atoms with Gasteiger partial charge in [0.2, 0.25) is 0 Å². The predicted octanol–water partition coefficient (Wildman–Crippen LogP) is 3.82. The number of hydrogen-bond acceptors (Lipinski definition) is 4. The van der Waals surface area contributed by atoms with Gasteiger partial charge < -0.3 is 5.32 Å². The summed E-state index contributed by atoms with van der Waals surface area (Å²) in [5.41, 5.74) is 3.43. The van der Waals surface area contributed by atoms with Gasteiger partial charge in [-0.2, -0.15) is 0 Å². The van der Waals surface area contributed by atoms with Crippen molar-refractivity contribution in [1.29, 1.82) is 0 Å². The summed E-state index contributed by atoms with van der Waals surface area (Å²) >= 11 is 1.77. The van der Waals surface area contributed by atoms with Crippen LogP contribution in [0.5, 0.6) is 0 Å². The predicted molar refractivity (Wildman–Crippen MR) is 86.0 cm³/mol. The molecule has 2 aromatic rings. The zero-order valence-corrected chi connectivity index (χ0v) is 13.5. The van der Waals surface area contributed by atoms with E-state index in [1.54, 1.807) is 11.3 Å². The molecule has 0 aliphatic rings. The van der Waals surface area contributed by atoms with Crippen LogP contribution in [0, 0.1) is 12.8 Å². The fourth-order valence-electron chi connectivity index (χ4n) is 2.12. The van der Waals surface area contributed by atoms with Crippen molar-refractivity contribution < 1.29 is 0 Å². The molecular weight excluding hydrogens is 266 g/mol. The molecule has 0 unspecified atom stereocenters. The summed E-state index contributed by atoms with van der Waals surface area (Å²) < 4.78 is 0. The maximum Gasteiger partial charge on any atom is 0.142 e. The first kappa shape index (κ1) is 15.1. The number of nitrogens with zero attached hydrogens (tertiary/aromatic N) is 2. The van der Waals surface area contributed by atoms with Crippen molar-refractivity contribution in [2.24, 2.45) is 5.92 Å². The molecule has 3 nitrogen and oxygen atoms in total. The van der Waals surface area contributed by atoms with Gasteiger partial charge in [-0.3, -0.25) is 4.98 Å². The molecule has 20 heavy (non-hydrogen) atoms. The molecule has 0 fully saturated rings. The van der Waals surface area contributed by atoms with E-state index in [2.05, 4.69) is 44.1 Å². The number of aromatic nitrogens is 2. The summed E-state index contributed by atoms with van der Waals surface area (Å²) in [6.45, 7) is 10.6. The first-order valence-corrected chi connectivity index (χ1v) is 8.04. The van der Waals surface area contributed by atoms with Gasteiger partial charge >= 0.3 is 0 Å². The highest BCUT2D eigenvalue weighted by molar-refractivity contribution is 7.15. The molecule has 1 N–H and O–H groups in total. The van der Waals surface area contributed by atoms with E-state index in [4.69, 9.17) is 4.98 Å². The van der Waals surface area contributed by atoms with Gasteiger partial charge in [-0.25, -0.2) is 4.98 Å². The van der Waals surface area contributed by atoms with Gasteiger partial charge in [-0.15, -0.1) is 11.3 Å². The fraction of sp³-hybridized carbons (Fsp3) is 0.500. The molecule has 0 amide bonds. The second kappa shape index (κ2) is 6.95. The van der Waals surface area contributed by atoms with E-state index in [-0.39, 0.29) is 0 Å². The number of aryl methyl sites for hydroxylation is 1. The summed E-state index contributed by atoms with van der Waals surface area (Å²) in [7, 11) is 0. The molecule has 0 radical (unpaired) electrons. The second-order valence-corrected chi connectivity index (χ2v) is 6.52. The normalized spacial score (nSPS) is 11.2. The standard InChI is InChI=1S/C16H23N3S/c1-5-17-10-14-13(9-11(2)3)19-16(20-14)15-12(4)7-6-8-18-15/h6-8,11,17H,5,9-10H2,1-4H3. The fourth-order valence-corrected chi connectivity index (χ4v) is 3.24. The second-order valence-electron chi connectivity index (χ2n) is 5.44. The molecular formula is C16H23N3S. The van der Waals surface area contributed by atoms with E-state index in [1.165, 1.54) is 16.1 Å². The summed E-state index contributed by atoms with van der Waals surface area (Å²) in [5, 5.41) is 4.46. The lowest BCUT2D eigenvalue weighted by Gasteiger charge is -2.04. The van der Waals surface area contributed by atoms with Crippen LogP contribution in [0.2, 0.25) is 0 Å². The van der Waals surface area contributed by atoms with Crippen LogP contribution < -0.4 is 5.32 Å². The molecule has 2 heterocycles. The SMILES string of the molecule is CCNCc1sc(-c2ncccc2C)nc1CC(C)C. The average Bonchev–Trinajstić information content (AvgIpc) is 2.79. The van der Waals surface area contributed by atoms with E-state index < -0.39 is 0 Å². The van der Waals surface area contributed by atoms with Gasteiger partial charge in [-0.05, 0) is 37.4 Å². The Bertz CT molecular complexity index is 561. The maximum atomic E-state index is 4.85. The summed E-state index contributed by atoms with van der Waals surface area (Å²) in [5.74, 6) is 0.621. The molecule has 0 saturated carbocycles. The van der Waals surface area contributed by atoms with Gasteiger partial charge in [0, 0.05) is 17.6 Å². The Morgan fingerprint density at radius 1 is 1.35 bits per heavy atom. The lowest BCUT2D eigenvalue weighted by atomic mass is 10.1. The first-order valence-electron chi connectivity index (χ1n) is 7.23. The Morgan fingerprint density at radius 2 is 2.15 bits per heavy atom. The molecule has 0 aliphatic heterocycles. The molecule has 0 spiro atoms. The van der Waals surface area contributed by atoms with Crippen molar-refractivity contribution in [3.05, 3.63) is 34.5 Å². The van der Waals surface area contributed by atoms with Gasteiger partial charge in [0.25, 0.3) is 0 Å². The molecule has 0 aromatic carbocycles. The van der Waals surface area contributed by atoms with Crippen LogP contribution in [0.3, 0.4) is 0 Å². The van der Waals surface area contributed by atoms with E-state index >= 15 is 0 Å². The minimum Gasteiger partial charge on any atom is -0.312 e. The number of pyridine rings is 1. The molecule has 0 saturated heterocycles. The maximum absolute atomic E-state index is 4.85. The van der Waals surface area contributed by atoms with E-state index in [0.717, 1.165) is 30.2 Å². The minimum absolute atomic E-state index is 0.621. The van der Waals surface area contributed by atoms with Crippen molar-refractivity contribution in [3.8, 4) is 10.7 Å². The van der Waals surface area contributed by atoms with Crippen LogP contribution in [0.1, 0.15) is 36.9 Å². The highest BCUT2D eigenvalue weighted by Gasteiger charge is 2.15. The zero-order chi connectivity index (χ0) is 14.5. The van der Waals surface area contributed by atoms with Gasteiger partial charge in [-0.1, -0.05) is 26.8 Å². The largest absolute Gasteiger partial charge is 0.312 e. The Hall–Kier alpha value is -1.26. The smallest absolute Gasteiger partial charge is 0.142 e. The Morgan fingerprint density at radius 3 is 2.80 bits per heavy atom. The quantitative estimate of drug-likeness (QED) is 0.878. The third kappa shape index (κ3) is 3.64. The zero-order valence-electron chi connectivity index (χ0n) is 12.7. The third-order valence-corrected chi connectivity index (χ3v) is 4.23. The van der Waals surface area contributed by atoms with Gasteiger partial charge in [0.1, 0.15) is 10.7 Å². The van der Waals surface area contributed by atoms with Crippen molar-refractivity contribution in [3.63, 3.8) is 0 Å². The monoisotopic (exact) mass is 289 g/mol. The highest BCUT2D eigenvalue weighted by Crippen LogP contribution is 2.30. The molecule has 0 atom stereocenters. The van der Waals surface area contributed by atoms with Crippen LogP contribution in [0.25, 0.3) is 10.7 Å². The van der Waals surface area contributed by atoms with E-state index in [1.807, 2.05) is 12.3 Å². The van der Waals surface area contributed by atoms with Crippen LogP contribution in [-0.4, -0.2) is 16.5 Å². The van der Waals surface area contributed by atoms with Crippen molar-refractivity contribution in [2.45, 2.75) is 40.7 Å². The molecule has 108 valence electrons. The lowest BCUT2D eigenvalue weighted by molar-refractivity contribution is 0.627. The Labute approximate surface area is 125 Å². The first-order chi connectivity index (χ1) is 9.61. The summed E-state index contributed by atoms with van der Waals surface area (Å²) in [6, 6.07) is 4.07. The molecule has 2 rings (SSSR count). The van der Waals surface area contributed by atoms with Crippen molar-refractivity contribution in [1.82, 2.24) is 15.3 Å². The van der Waals surface area contributed by atoms with E-state index in [9.17, 15) is 0 Å². The van der Waals surface area contributed by atoms with Crippen molar-refractivity contribution in [2.75, 3.05) is 6.54 Å². The topological polar surface area (TPSA) is 37.8 Å². The Kier molecular flexibility index (Phi) is 5.26. The van der Waals surface area contributed by atoms with Crippen molar-refractivity contribution >= 4 is 11.3 Å². The molecule has 4 heteroatoms. The van der Waals surface area contributed by atoms with Crippen LogP contribution >= 0.6 is 11.3 Å². The molecule has 0 bridgehead atoms. The summed E-state index contributed by atoms with van der Waals surface area (Å²) in [6.07, 6.45) is 2.87.